The van der Waals surface area contributed by atoms with Crippen molar-refractivity contribution in [3.63, 3.8) is 0 Å². The molecule has 0 N–H and O–H groups in total. The molecule has 2 rings (SSSR count). The number of hydrogen-bond acceptors (Lipinski definition) is 2. The molecule has 2 aromatic rings. The molecule has 2 aromatic carbocycles. The molecular weight excluding hydrogens is 368 g/mol. The molecule has 0 atom stereocenters. The molecule has 1 nitrogen and oxygen atoms in total. The van der Waals surface area contributed by atoms with Crippen molar-refractivity contribution in [2.24, 2.45) is 0 Å². The number of alkyl halides is 1. The summed E-state index contributed by atoms with van der Waals surface area (Å²) in [5, 5.41) is 1.84. The maximum Gasteiger partial charge on any atom is 0.119 e. The van der Waals surface area contributed by atoms with Crippen LogP contribution in [0.25, 0.3) is 0 Å². The molecule has 0 aromatic heterocycles. The van der Waals surface area contributed by atoms with Gasteiger partial charge in [0.2, 0.25) is 0 Å². The summed E-state index contributed by atoms with van der Waals surface area (Å²) < 4.78 is 5.73. The van der Waals surface area contributed by atoms with Gasteiger partial charge in [-0.25, -0.2) is 0 Å². The molecule has 21 heavy (non-hydrogen) atoms. The summed E-state index contributed by atoms with van der Waals surface area (Å²) in [7, 11) is 0. The van der Waals surface area contributed by atoms with Crippen LogP contribution in [0.4, 0.5) is 0 Å². The van der Waals surface area contributed by atoms with E-state index in [-0.39, 0.29) is 0 Å². The van der Waals surface area contributed by atoms with Crippen LogP contribution in [0.5, 0.6) is 5.75 Å². The van der Waals surface area contributed by atoms with E-state index in [4.69, 9.17) is 16.3 Å². The highest BCUT2D eigenvalue weighted by atomic mass is 79.9. The van der Waals surface area contributed by atoms with E-state index < -0.39 is 0 Å². The molecule has 0 heterocycles. The van der Waals surface area contributed by atoms with Gasteiger partial charge >= 0.3 is 0 Å². The molecular formula is C17H18BrClOS. The van der Waals surface area contributed by atoms with E-state index in [2.05, 4.69) is 28.1 Å². The Morgan fingerprint density at radius 1 is 0.857 bits per heavy atom. The van der Waals surface area contributed by atoms with Gasteiger partial charge in [-0.15, -0.1) is 0 Å². The summed E-state index contributed by atoms with van der Waals surface area (Å²) in [5.74, 6) is 0.939. The van der Waals surface area contributed by atoms with Gasteiger partial charge in [0, 0.05) is 20.1 Å². The summed E-state index contributed by atoms with van der Waals surface area (Å²) in [5.41, 5.74) is 0. The van der Waals surface area contributed by atoms with E-state index in [0.717, 1.165) is 29.1 Å². The number of benzene rings is 2. The molecule has 0 bridgehead atoms. The van der Waals surface area contributed by atoms with Crippen molar-refractivity contribution >= 4 is 39.3 Å². The summed E-state index contributed by atoms with van der Waals surface area (Å²) >= 11 is 11.0. The zero-order valence-electron chi connectivity index (χ0n) is 11.7. The van der Waals surface area contributed by atoms with E-state index in [1.807, 2.05) is 36.4 Å². The van der Waals surface area contributed by atoms with Crippen molar-refractivity contribution in [2.75, 3.05) is 11.9 Å². The lowest BCUT2D eigenvalue weighted by atomic mass is 10.3. The van der Waals surface area contributed by atoms with Gasteiger partial charge in [-0.1, -0.05) is 39.3 Å². The number of rotatable bonds is 8. The number of hydrogen-bond donors (Lipinski definition) is 0. The molecule has 0 saturated heterocycles. The van der Waals surface area contributed by atoms with Crippen LogP contribution in [-0.2, 0) is 0 Å². The van der Waals surface area contributed by atoms with Crippen molar-refractivity contribution < 1.29 is 4.74 Å². The predicted molar refractivity (Wildman–Crippen MR) is 95.2 cm³/mol. The van der Waals surface area contributed by atoms with Gasteiger partial charge in [0.15, 0.2) is 0 Å². The van der Waals surface area contributed by atoms with E-state index in [0.29, 0.717) is 0 Å². The highest BCUT2D eigenvalue weighted by Crippen LogP contribution is 2.29. The fourth-order valence-electron chi connectivity index (χ4n) is 1.81. The first-order valence-corrected chi connectivity index (χ1v) is 9.32. The number of unbranched alkanes of at least 4 members (excludes halogenated alkanes) is 2. The smallest absolute Gasteiger partial charge is 0.119 e. The minimum absolute atomic E-state index is 0.767. The van der Waals surface area contributed by atoms with Crippen molar-refractivity contribution in [1.82, 2.24) is 0 Å². The third-order valence-electron chi connectivity index (χ3n) is 2.92. The zero-order valence-corrected chi connectivity index (χ0v) is 14.9. The van der Waals surface area contributed by atoms with Crippen LogP contribution >= 0.6 is 39.3 Å². The predicted octanol–water partition coefficient (Wildman–Crippen LogP) is 6.44. The van der Waals surface area contributed by atoms with Crippen molar-refractivity contribution in [3.05, 3.63) is 53.6 Å². The van der Waals surface area contributed by atoms with Crippen LogP contribution in [0.15, 0.2) is 58.3 Å². The zero-order chi connectivity index (χ0) is 14.9. The van der Waals surface area contributed by atoms with Crippen molar-refractivity contribution in [3.8, 4) is 5.75 Å². The van der Waals surface area contributed by atoms with E-state index in [1.54, 1.807) is 11.8 Å². The monoisotopic (exact) mass is 384 g/mol. The largest absolute Gasteiger partial charge is 0.494 e. The van der Waals surface area contributed by atoms with Crippen LogP contribution in [0.1, 0.15) is 19.3 Å². The average Bonchev–Trinajstić information content (AvgIpc) is 2.51. The third kappa shape index (κ3) is 6.33. The van der Waals surface area contributed by atoms with Gasteiger partial charge < -0.3 is 4.74 Å². The highest BCUT2D eigenvalue weighted by Gasteiger charge is 1.99. The van der Waals surface area contributed by atoms with Gasteiger partial charge in [0.05, 0.1) is 6.61 Å². The molecule has 112 valence electrons. The second-order valence-corrected chi connectivity index (χ2v) is 7.00. The number of ether oxygens (including phenoxy) is 1. The Morgan fingerprint density at radius 2 is 1.48 bits per heavy atom. The Morgan fingerprint density at radius 3 is 2.10 bits per heavy atom. The molecule has 0 saturated carbocycles. The molecule has 0 aliphatic heterocycles. The van der Waals surface area contributed by atoms with Gasteiger partial charge in [0.25, 0.3) is 0 Å². The number of halogens is 2. The molecule has 0 amide bonds. The lowest BCUT2D eigenvalue weighted by Gasteiger charge is -2.07. The molecule has 0 unspecified atom stereocenters. The van der Waals surface area contributed by atoms with Gasteiger partial charge in [-0.3, -0.25) is 0 Å². The van der Waals surface area contributed by atoms with Gasteiger partial charge in [-0.05, 0) is 67.8 Å². The summed E-state index contributed by atoms with van der Waals surface area (Å²) in [6.45, 7) is 0.788. The molecule has 4 heteroatoms. The molecule has 0 fully saturated rings. The summed E-state index contributed by atoms with van der Waals surface area (Å²) in [6, 6.07) is 16.1. The lowest BCUT2D eigenvalue weighted by molar-refractivity contribution is 0.306. The second-order valence-electron chi connectivity index (χ2n) is 4.63. The van der Waals surface area contributed by atoms with Crippen molar-refractivity contribution in [2.45, 2.75) is 29.1 Å². The Balaban J connectivity index is 1.80. The fourth-order valence-corrected chi connectivity index (χ4v) is 3.14. The standard InChI is InChI=1S/C17H18BrClOS/c18-12-2-1-3-13-20-15-6-10-17(11-7-15)21-16-8-4-14(19)5-9-16/h4-11H,1-3,12-13H2. The maximum absolute atomic E-state index is 5.89. The van der Waals surface area contributed by atoms with E-state index in [1.165, 1.54) is 22.6 Å². The van der Waals surface area contributed by atoms with E-state index in [9.17, 15) is 0 Å². The lowest BCUT2D eigenvalue weighted by Crippen LogP contribution is -1.97. The van der Waals surface area contributed by atoms with Crippen molar-refractivity contribution in [1.29, 1.82) is 0 Å². The first-order chi connectivity index (χ1) is 10.3. The minimum Gasteiger partial charge on any atom is -0.494 e. The second kappa shape index (κ2) is 9.39. The minimum atomic E-state index is 0.767. The highest BCUT2D eigenvalue weighted by molar-refractivity contribution is 9.09. The summed E-state index contributed by atoms with van der Waals surface area (Å²) in [6.07, 6.45) is 3.52. The molecule has 0 radical (unpaired) electrons. The van der Waals surface area contributed by atoms with Crippen LogP contribution in [-0.4, -0.2) is 11.9 Å². The Labute approximate surface area is 144 Å². The topological polar surface area (TPSA) is 9.23 Å². The van der Waals surface area contributed by atoms with Crippen LogP contribution in [0.3, 0.4) is 0 Å². The van der Waals surface area contributed by atoms with E-state index >= 15 is 0 Å². The van der Waals surface area contributed by atoms with Crippen LogP contribution < -0.4 is 4.74 Å². The fraction of sp³-hybridized carbons (Fsp3) is 0.294. The summed E-state index contributed by atoms with van der Waals surface area (Å²) in [4.78, 5) is 2.38. The average molecular weight is 386 g/mol. The quantitative estimate of drug-likeness (QED) is 0.382. The first-order valence-electron chi connectivity index (χ1n) is 7.00. The Hall–Kier alpha value is -0.640. The van der Waals surface area contributed by atoms with Gasteiger partial charge in [0.1, 0.15) is 5.75 Å². The Kier molecular flexibility index (Phi) is 7.48. The Bertz CT molecular complexity index is 527. The molecule has 0 spiro atoms. The SMILES string of the molecule is Clc1ccc(Sc2ccc(OCCCCCBr)cc2)cc1. The molecule has 0 aliphatic carbocycles. The molecule has 0 aliphatic rings. The van der Waals surface area contributed by atoms with Crippen LogP contribution in [0.2, 0.25) is 5.02 Å². The van der Waals surface area contributed by atoms with Crippen LogP contribution in [0, 0.1) is 0 Å². The maximum atomic E-state index is 5.89. The van der Waals surface area contributed by atoms with Gasteiger partial charge in [-0.2, -0.15) is 0 Å². The first kappa shape index (κ1) is 16.7. The normalized spacial score (nSPS) is 10.6. The third-order valence-corrected chi connectivity index (χ3v) is 4.75.